The molecule has 0 spiro atoms. The molecule has 1 aromatic carbocycles. The number of nitrogens with one attached hydrogen (secondary N) is 2. The van der Waals surface area contributed by atoms with Crippen molar-refractivity contribution in [3.05, 3.63) is 23.2 Å². The second kappa shape index (κ2) is 8.10. The summed E-state index contributed by atoms with van der Waals surface area (Å²) in [6.45, 7) is 3.22. The number of thioether (sulfide) groups is 1. The van der Waals surface area contributed by atoms with Crippen molar-refractivity contribution in [3.8, 4) is 0 Å². The maximum Gasteiger partial charge on any atom is 0.244 e. The maximum absolute atomic E-state index is 12.1. The first kappa shape index (κ1) is 17.6. The molecule has 0 unspecified atom stereocenters. The average Bonchev–Trinajstić information content (AvgIpc) is 2.39. The number of anilines is 1. The molecule has 1 amide bonds. The molecule has 7 heteroatoms. The van der Waals surface area contributed by atoms with Crippen LogP contribution >= 0.6 is 35.8 Å². The Balaban J connectivity index is 0.00000200. The minimum Gasteiger partial charge on any atom is -0.375 e. The van der Waals surface area contributed by atoms with Gasteiger partial charge in [-0.3, -0.25) is 4.79 Å². The molecule has 0 bridgehead atoms. The lowest BCUT2D eigenvalue weighted by Gasteiger charge is -2.29. The van der Waals surface area contributed by atoms with Crippen LogP contribution in [0.25, 0.3) is 0 Å². The molecule has 0 aliphatic carbocycles. The van der Waals surface area contributed by atoms with Gasteiger partial charge in [0.25, 0.3) is 0 Å². The van der Waals surface area contributed by atoms with E-state index in [9.17, 15) is 4.79 Å². The largest absolute Gasteiger partial charge is 0.375 e. The first-order chi connectivity index (χ1) is 9.11. The predicted molar refractivity (Wildman–Crippen MR) is 86.3 cm³/mol. The van der Waals surface area contributed by atoms with E-state index in [2.05, 4.69) is 10.6 Å². The average molecular weight is 337 g/mol. The van der Waals surface area contributed by atoms with E-state index < -0.39 is 0 Å². The zero-order valence-corrected chi connectivity index (χ0v) is 13.7. The monoisotopic (exact) mass is 336 g/mol. The van der Waals surface area contributed by atoms with Crippen LogP contribution in [0.1, 0.15) is 6.92 Å². The normalized spacial score (nSPS) is 21.9. The second-order valence-electron chi connectivity index (χ2n) is 4.35. The van der Waals surface area contributed by atoms with Crippen LogP contribution in [0, 0.1) is 0 Å². The minimum absolute atomic E-state index is 0. The predicted octanol–water partition coefficient (Wildman–Crippen LogP) is 2.80. The summed E-state index contributed by atoms with van der Waals surface area (Å²) < 4.78 is 5.46. The van der Waals surface area contributed by atoms with Crippen molar-refractivity contribution < 1.29 is 9.53 Å². The lowest BCUT2D eigenvalue weighted by Crippen LogP contribution is -2.53. The highest BCUT2D eigenvalue weighted by Gasteiger charge is 2.28. The third-order valence-electron chi connectivity index (χ3n) is 3.02. The van der Waals surface area contributed by atoms with Crippen molar-refractivity contribution in [2.24, 2.45) is 0 Å². The van der Waals surface area contributed by atoms with Gasteiger partial charge in [0.15, 0.2) is 0 Å². The SMILES string of the molecule is CSc1ccc(NC(=O)[C@H]2NCCO[C@@H]2C)cc1Cl.Cl. The van der Waals surface area contributed by atoms with E-state index in [0.29, 0.717) is 23.9 Å². The summed E-state index contributed by atoms with van der Waals surface area (Å²) in [6.07, 6.45) is 1.83. The first-order valence-electron chi connectivity index (χ1n) is 6.11. The molecule has 2 N–H and O–H groups in total. The van der Waals surface area contributed by atoms with Crippen LogP contribution in [0.3, 0.4) is 0 Å². The van der Waals surface area contributed by atoms with Crippen LogP contribution in [-0.4, -0.2) is 37.5 Å². The number of carbonyl (C=O) groups excluding carboxylic acids is 1. The molecule has 1 aliphatic heterocycles. The molecule has 1 aliphatic rings. The minimum atomic E-state index is -0.326. The van der Waals surface area contributed by atoms with Gasteiger partial charge in [0, 0.05) is 17.1 Å². The fourth-order valence-electron chi connectivity index (χ4n) is 1.99. The molecule has 20 heavy (non-hydrogen) atoms. The van der Waals surface area contributed by atoms with E-state index in [1.165, 1.54) is 0 Å². The third-order valence-corrected chi connectivity index (χ3v) is 4.24. The smallest absolute Gasteiger partial charge is 0.244 e. The Morgan fingerprint density at radius 1 is 1.55 bits per heavy atom. The van der Waals surface area contributed by atoms with Crippen LogP contribution in [0.2, 0.25) is 5.02 Å². The number of carbonyl (C=O) groups is 1. The lowest BCUT2D eigenvalue weighted by molar-refractivity contribution is -0.123. The highest BCUT2D eigenvalue weighted by Crippen LogP contribution is 2.28. The fourth-order valence-corrected chi connectivity index (χ4v) is 2.86. The van der Waals surface area contributed by atoms with E-state index in [1.807, 2.05) is 25.3 Å². The van der Waals surface area contributed by atoms with Gasteiger partial charge in [-0.25, -0.2) is 0 Å². The van der Waals surface area contributed by atoms with Gasteiger partial charge in [-0.15, -0.1) is 24.2 Å². The Morgan fingerprint density at radius 3 is 2.90 bits per heavy atom. The van der Waals surface area contributed by atoms with Crippen molar-refractivity contribution in [1.29, 1.82) is 0 Å². The molecule has 112 valence electrons. The second-order valence-corrected chi connectivity index (χ2v) is 5.60. The van der Waals surface area contributed by atoms with Crippen LogP contribution in [0.4, 0.5) is 5.69 Å². The Hall–Kier alpha value is -0.460. The summed E-state index contributed by atoms with van der Waals surface area (Å²) in [7, 11) is 0. The fraction of sp³-hybridized carbons (Fsp3) is 0.462. The number of amides is 1. The zero-order valence-electron chi connectivity index (χ0n) is 11.3. The molecule has 2 atom stereocenters. The third kappa shape index (κ3) is 4.27. The quantitative estimate of drug-likeness (QED) is 0.833. The number of hydrogen-bond donors (Lipinski definition) is 2. The van der Waals surface area contributed by atoms with E-state index in [4.69, 9.17) is 16.3 Å². The van der Waals surface area contributed by atoms with Crippen LogP contribution in [-0.2, 0) is 9.53 Å². The van der Waals surface area contributed by atoms with Gasteiger partial charge in [-0.1, -0.05) is 11.6 Å². The van der Waals surface area contributed by atoms with Crippen molar-refractivity contribution in [2.75, 3.05) is 24.7 Å². The van der Waals surface area contributed by atoms with Gasteiger partial charge in [0.05, 0.1) is 17.7 Å². The van der Waals surface area contributed by atoms with Crippen molar-refractivity contribution in [2.45, 2.75) is 24.0 Å². The topological polar surface area (TPSA) is 50.4 Å². The summed E-state index contributed by atoms with van der Waals surface area (Å²) in [5.74, 6) is -0.0971. The van der Waals surface area contributed by atoms with Crippen molar-refractivity contribution in [1.82, 2.24) is 5.32 Å². The van der Waals surface area contributed by atoms with Gasteiger partial charge >= 0.3 is 0 Å². The van der Waals surface area contributed by atoms with Crippen molar-refractivity contribution in [3.63, 3.8) is 0 Å². The summed E-state index contributed by atoms with van der Waals surface area (Å²) in [5, 5.41) is 6.66. The number of rotatable bonds is 3. The number of hydrogen-bond acceptors (Lipinski definition) is 4. The number of morpholine rings is 1. The molecule has 1 fully saturated rings. The molecule has 4 nitrogen and oxygen atoms in total. The standard InChI is InChI=1S/C13H17ClN2O2S.ClH/c1-8-12(15-5-6-18-8)13(17)16-9-3-4-11(19-2)10(14)7-9;/h3-4,7-8,12,15H,5-6H2,1-2H3,(H,16,17);1H/t8-,12+;/m1./s1. The molecule has 0 aromatic heterocycles. The van der Waals surface area contributed by atoms with Crippen LogP contribution < -0.4 is 10.6 Å². The molecular weight excluding hydrogens is 319 g/mol. The summed E-state index contributed by atoms with van der Waals surface area (Å²) in [6, 6.07) is 5.19. The Morgan fingerprint density at radius 2 is 2.30 bits per heavy atom. The summed E-state index contributed by atoms with van der Waals surface area (Å²) >= 11 is 7.69. The van der Waals surface area contributed by atoms with Crippen molar-refractivity contribution >= 4 is 47.4 Å². The van der Waals surface area contributed by atoms with Crippen LogP contribution in [0.5, 0.6) is 0 Å². The van der Waals surface area contributed by atoms with Gasteiger partial charge in [0.1, 0.15) is 6.04 Å². The van der Waals surface area contributed by atoms with Gasteiger partial charge in [-0.2, -0.15) is 0 Å². The molecule has 1 aromatic rings. The summed E-state index contributed by atoms with van der Waals surface area (Å²) in [4.78, 5) is 13.1. The molecule has 1 heterocycles. The molecular formula is C13H18Cl2N2O2S. The molecule has 0 saturated carbocycles. The van der Waals surface area contributed by atoms with E-state index in [-0.39, 0.29) is 30.5 Å². The Kier molecular flexibility index (Phi) is 7.12. The van der Waals surface area contributed by atoms with E-state index in [0.717, 1.165) is 4.90 Å². The first-order valence-corrected chi connectivity index (χ1v) is 7.71. The van der Waals surface area contributed by atoms with Crippen LogP contribution in [0.15, 0.2) is 23.1 Å². The molecule has 0 radical (unpaired) electrons. The highest BCUT2D eigenvalue weighted by molar-refractivity contribution is 7.98. The Labute approximate surface area is 134 Å². The lowest BCUT2D eigenvalue weighted by atomic mass is 10.1. The maximum atomic E-state index is 12.1. The number of benzene rings is 1. The van der Waals surface area contributed by atoms with Gasteiger partial charge in [-0.05, 0) is 31.4 Å². The van der Waals surface area contributed by atoms with E-state index in [1.54, 1.807) is 17.8 Å². The van der Waals surface area contributed by atoms with Gasteiger partial charge < -0.3 is 15.4 Å². The number of ether oxygens (including phenoxy) is 1. The highest BCUT2D eigenvalue weighted by atomic mass is 35.5. The van der Waals surface area contributed by atoms with Gasteiger partial charge in [0.2, 0.25) is 5.91 Å². The number of halogens is 2. The molecule has 2 rings (SSSR count). The molecule has 1 saturated heterocycles. The van der Waals surface area contributed by atoms with E-state index >= 15 is 0 Å². The Bertz CT molecular complexity index is 474. The summed E-state index contributed by atoms with van der Waals surface area (Å²) in [5.41, 5.74) is 0.701. The zero-order chi connectivity index (χ0) is 13.8.